The molecule has 2 bridgehead atoms. The molecule has 0 aromatic carbocycles. The molecule has 3 nitrogen and oxygen atoms in total. The summed E-state index contributed by atoms with van der Waals surface area (Å²) in [5.74, 6) is -0.751. The van der Waals surface area contributed by atoms with Gasteiger partial charge in [-0.1, -0.05) is 12.8 Å². The van der Waals surface area contributed by atoms with E-state index in [4.69, 9.17) is 4.74 Å². The van der Waals surface area contributed by atoms with Crippen LogP contribution in [0, 0.1) is 11.3 Å². The van der Waals surface area contributed by atoms with Crippen molar-refractivity contribution in [1.82, 2.24) is 0 Å². The van der Waals surface area contributed by atoms with E-state index in [-0.39, 0.29) is 11.4 Å². The van der Waals surface area contributed by atoms with Gasteiger partial charge in [-0.3, -0.25) is 4.79 Å². The zero-order chi connectivity index (χ0) is 9.81. The number of aliphatic hydroxyl groups is 1. The molecular formula is C11H16O3. The van der Waals surface area contributed by atoms with Crippen molar-refractivity contribution in [2.45, 2.75) is 50.7 Å². The summed E-state index contributed by atoms with van der Waals surface area (Å²) in [6, 6.07) is 0. The van der Waals surface area contributed by atoms with E-state index >= 15 is 0 Å². The Morgan fingerprint density at radius 3 is 3.00 bits per heavy atom. The summed E-state index contributed by atoms with van der Waals surface area (Å²) in [6.45, 7) is 0. The Kier molecular flexibility index (Phi) is 1.56. The van der Waals surface area contributed by atoms with E-state index in [1.165, 1.54) is 6.42 Å². The Balaban J connectivity index is 2.00. The second kappa shape index (κ2) is 2.51. The fourth-order valence-corrected chi connectivity index (χ4v) is 3.65. The number of hydrogen-bond acceptors (Lipinski definition) is 3. The molecule has 3 aliphatic rings. The molecule has 0 unspecified atom stereocenters. The van der Waals surface area contributed by atoms with Crippen LogP contribution in [0.3, 0.4) is 0 Å². The van der Waals surface area contributed by atoms with E-state index in [9.17, 15) is 9.90 Å². The van der Waals surface area contributed by atoms with Crippen molar-refractivity contribution < 1.29 is 14.6 Å². The lowest BCUT2D eigenvalue weighted by Crippen LogP contribution is -2.42. The summed E-state index contributed by atoms with van der Waals surface area (Å²) < 4.78 is 5.15. The van der Waals surface area contributed by atoms with Crippen molar-refractivity contribution in [3.05, 3.63) is 0 Å². The summed E-state index contributed by atoms with van der Waals surface area (Å²) in [5.41, 5.74) is -0.300. The topological polar surface area (TPSA) is 46.5 Å². The van der Waals surface area contributed by atoms with Crippen molar-refractivity contribution >= 4 is 5.97 Å². The number of hydrogen-bond donors (Lipinski definition) is 1. The monoisotopic (exact) mass is 196 g/mol. The van der Waals surface area contributed by atoms with Crippen LogP contribution in [0.15, 0.2) is 0 Å². The Bertz CT molecular complexity index is 288. The maximum atomic E-state index is 11.8. The van der Waals surface area contributed by atoms with Gasteiger partial charge >= 0.3 is 5.97 Å². The number of esters is 1. The predicted octanol–water partition coefficient (Wildman–Crippen LogP) is 1.59. The molecule has 1 spiro atoms. The molecule has 3 fully saturated rings. The molecule has 0 amide bonds. The molecule has 2 saturated carbocycles. The van der Waals surface area contributed by atoms with Gasteiger partial charge in [0.2, 0.25) is 5.79 Å². The van der Waals surface area contributed by atoms with Crippen molar-refractivity contribution in [3.63, 3.8) is 0 Å². The van der Waals surface area contributed by atoms with E-state index in [1.807, 2.05) is 0 Å². The molecule has 1 saturated heterocycles. The molecular weight excluding hydrogens is 180 g/mol. The van der Waals surface area contributed by atoms with E-state index < -0.39 is 5.79 Å². The second-order valence-electron chi connectivity index (χ2n) is 5.15. The highest BCUT2D eigenvalue weighted by Crippen LogP contribution is 2.58. The third kappa shape index (κ3) is 0.937. The maximum absolute atomic E-state index is 11.8. The summed E-state index contributed by atoms with van der Waals surface area (Å²) in [5, 5.41) is 9.98. The van der Waals surface area contributed by atoms with Gasteiger partial charge in [-0.15, -0.1) is 0 Å². The van der Waals surface area contributed by atoms with E-state index in [1.54, 1.807) is 0 Å². The first-order valence-electron chi connectivity index (χ1n) is 5.61. The molecule has 0 aromatic rings. The van der Waals surface area contributed by atoms with Gasteiger partial charge in [0.15, 0.2) is 0 Å². The number of carbonyl (C=O) groups excluding carboxylic acids is 1. The average Bonchev–Trinajstić information content (AvgIpc) is 2.34. The second-order valence-corrected chi connectivity index (χ2v) is 5.15. The quantitative estimate of drug-likeness (QED) is 0.598. The Labute approximate surface area is 83.4 Å². The van der Waals surface area contributed by atoms with Gasteiger partial charge in [0.05, 0.1) is 5.41 Å². The molecule has 0 aromatic heterocycles. The molecule has 1 aliphatic heterocycles. The summed E-state index contributed by atoms with van der Waals surface area (Å²) in [7, 11) is 0. The highest BCUT2D eigenvalue weighted by atomic mass is 16.7. The van der Waals surface area contributed by atoms with Gasteiger partial charge in [-0.25, -0.2) is 0 Å². The minimum absolute atomic E-state index is 0.123. The number of ether oxygens (including phenoxy) is 1. The van der Waals surface area contributed by atoms with Crippen LogP contribution in [-0.2, 0) is 9.53 Å². The van der Waals surface area contributed by atoms with Crippen LogP contribution < -0.4 is 0 Å². The van der Waals surface area contributed by atoms with Crippen LogP contribution in [0.4, 0.5) is 0 Å². The Morgan fingerprint density at radius 2 is 2.14 bits per heavy atom. The molecule has 14 heavy (non-hydrogen) atoms. The number of fused-ring (bicyclic) bond motifs is 1. The molecule has 3 atom stereocenters. The van der Waals surface area contributed by atoms with E-state index in [0.29, 0.717) is 18.8 Å². The van der Waals surface area contributed by atoms with Crippen LogP contribution in [0.5, 0.6) is 0 Å². The lowest BCUT2D eigenvalue weighted by atomic mass is 9.59. The highest BCUT2D eigenvalue weighted by Gasteiger charge is 2.63. The minimum atomic E-state index is -1.11. The molecule has 3 heteroatoms. The van der Waals surface area contributed by atoms with Gasteiger partial charge in [-0.2, -0.15) is 0 Å². The van der Waals surface area contributed by atoms with E-state index in [0.717, 1.165) is 25.7 Å². The molecule has 0 radical (unpaired) electrons. The molecule has 2 aliphatic carbocycles. The van der Waals surface area contributed by atoms with Crippen molar-refractivity contribution in [2.24, 2.45) is 11.3 Å². The summed E-state index contributed by atoms with van der Waals surface area (Å²) in [6.07, 6.45) is 6.58. The van der Waals surface area contributed by atoms with Gasteiger partial charge in [-0.05, 0) is 25.2 Å². The number of carbonyl (C=O) groups is 1. The Hall–Kier alpha value is -0.570. The first-order valence-corrected chi connectivity index (χ1v) is 5.61. The average molecular weight is 196 g/mol. The van der Waals surface area contributed by atoms with E-state index in [2.05, 4.69) is 0 Å². The third-order valence-electron chi connectivity index (χ3n) is 4.37. The smallest absolute Gasteiger partial charge is 0.315 e. The van der Waals surface area contributed by atoms with Crippen LogP contribution in [0.1, 0.15) is 44.9 Å². The maximum Gasteiger partial charge on any atom is 0.315 e. The van der Waals surface area contributed by atoms with Crippen LogP contribution >= 0.6 is 0 Å². The fraction of sp³-hybridized carbons (Fsp3) is 0.909. The number of rotatable bonds is 0. The summed E-state index contributed by atoms with van der Waals surface area (Å²) in [4.78, 5) is 11.8. The van der Waals surface area contributed by atoms with Crippen molar-refractivity contribution in [3.8, 4) is 0 Å². The van der Waals surface area contributed by atoms with Gasteiger partial charge in [0.1, 0.15) is 0 Å². The first kappa shape index (κ1) is 8.72. The highest BCUT2D eigenvalue weighted by molar-refractivity contribution is 5.80. The first-order chi connectivity index (χ1) is 6.65. The normalized spacial score (nSPS) is 51.2. The zero-order valence-corrected chi connectivity index (χ0v) is 8.29. The van der Waals surface area contributed by atoms with Crippen LogP contribution in [0.2, 0.25) is 0 Å². The molecule has 78 valence electrons. The standard InChI is InChI=1S/C11H16O3/c12-9-10-5-2-1-3-8(10)4-6-11(13,7-10)14-9/h8,13H,1-7H2/t8-,10+,11+/m1/s1. The minimum Gasteiger partial charge on any atom is -0.433 e. The van der Waals surface area contributed by atoms with Gasteiger partial charge in [0, 0.05) is 12.8 Å². The van der Waals surface area contributed by atoms with Crippen molar-refractivity contribution in [2.75, 3.05) is 0 Å². The lowest BCUT2D eigenvalue weighted by Gasteiger charge is -2.41. The third-order valence-corrected chi connectivity index (χ3v) is 4.37. The predicted molar refractivity (Wildman–Crippen MR) is 49.3 cm³/mol. The van der Waals surface area contributed by atoms with Gasteiger partial charge in [0.25, 0.3) is 0 Å². The van der Waals surface area contributed by atoms with Crippen LogP contribution in [-0.4, -0.2) is 16.9 Å². The molecule has 1 N–H and O–H groups in total. The SMILES string of the molecule is O=C1O[C@@]2(O)CC[C@H]3CCCC[C@@]13C2. The zero-order valence-electron chi connectivity index (χ0n) is 8.29. The van der Waals surface area contributed by atoms with Gasteiger partial charge < -0.3 is 9.84 Å². The van der Waals surface area contributed by atoms with Crippen molar-refractivity contribution in [1.29, 1.82) is 0 Å². The fourth-order valence-electron chi connectivity index (χ4n) is 3.65. The largest absolute Gasteiger partial charge is 0.433 e. The lowest BCUT2D eigenvalue weighted by molar-refractivity contribution is -0.190. The molecule has 3 rings (SSSR count). The molecule has 1 heterocycles. The Morgan fingerprint density at radius 1 is 1.29 bits per heavy atom. The summed E-state index contributed by atoms with van der Waals surface area (Å²) >= 11 is 0. The van der Waals surface area contributed by atoms with Crippen LogP contribution in [0.25, 0.3) is 0 Å².